The van der Waals surface area contributed by atoms with Crippen LogP contribution in [0.15, 0.2) is 0 Å². The number of hydrogen-bond donors (Lipinski definition) is 3. The van der Waals surface area contributed by atoms with Crippen molar-refractivity contribution in [1.29, 1.82) is 0 Å². The third-order valence-electron chi connectivity index (χ3n) is 18.3. The normalized spacial score (nSPS) is 14.7. The van der Waals surface area contributed by atoms with Gasteiger partial charge in [0.1, 0.15) is 19.3 Å². The Morgan fingerprint density at radius 1 is 0.295 bits per heavy atom. The summed E-state index contributed by atoms with van der Waals surface area (Å²) in [5, 5.41) is 10.6. The van der Waals surface area contributed by atoms with E-state index in [9.17, 15) is 43.2 Å². The van der Waals surface area contributed by atoms with Crippen LogP contribution in [0, 0.1) is 23.7 Å². The summed E-state index contributed by atoms with van der Waals surface area (Å²) in [5.41, 5.74) is 0. The van der Waals surface area contributed by atoms with Gasteiger partial charge < -0.3 is 33.8 Å². The number of phosphoric acid groups is 2. The van der Waals surface area contributed by atoms with Crippen LogP contribution in [0.2, 0.25) is 0 Å². The number of unbranched alkanes of at least 4 members (excludes halogenated alkanes) is 37. The molecule has 0 aromatic carbocycles. The number of hydrogen-bond acceptors (Lipinski definition) is 15. The number of aliphatic hydroxyl groups excluding tert-OH is 1. The quantitative estimate of drug-likeness (QED) is 0.0222. The molecule has 95 heavy (non-hydrogen) atoms. The summed E-state index contributed by atoms with van der Waals surface area (Å²) in [6.45, 7) is 14.2. The monoisotopic (exact) mass is 1400 g/mol. The van der Waals surface area contributed by atoms with Crippen molar-refractivity contribution in [2.24, 2.45) is 23.7 Å². The standard InChI is InChI=1S/C76H148O17P2/c1-9-68(7)54-46-38-30-24-18-13-11-12-14-20-26-32-42-50-58-75(80)92-71(62-86-73(78)56-48-40-31-25-19-16-15-17-22-28-36-44-52-66(3)4)64-90-94(82,83)88-60-70(77)61-89-95(84,85)91-65-72(63-87-74(79)57-49-41-35-34-39-47-55-69(8)10-2)93-76(81)59-51-43-33-27-21-23-29-37-45-53-67(5)6/h66-72,77H,9-65H2,1-8H3,(H,82,83)(H,84,85)/t68?,69?,70-,71-,72-/m1/s1. The summed E-state index contributed by atoms with van der Waals surface area (Å²) in [6.07, 6.45) is 49.9. The fraction of sp³-hybridized carbons (Fsp3) is 0.947. The molecule has 19 heteroatoms. The molecule has 0 fully saturated rings. The van der Waals surface area contributed by atoms with Gasteiger partial charge in [0.15, 0.2) is 12.2 Å². The predicted octanol–water partition coefficient (Wildman–Crippen LogP) is 22.0. The fourth-order valence-corrected chi connectivity index (χ4v) is 13.1. The molecule has 0 rings (SSSR count). The molecular weight excluding hydrogens is 1250 g/mol. The van der Waals surface area contributed by atoms with E-state index in [1.807, 2.05) is 0 Å². The van der Waals surface area contributed by atoms with Crippen LogP contribution in [-0.2, 0) is 65.4 Å². The van der Waals surface area contributed by atoms with E-state index in [1.54, 1.807) is 0 Å². The molecule has 564 valence electrons. The van der Waals surface area contributed by atoms with Gasteiger partial charge in [-0.15, -0.1) is 0 Å². The minimum atomic E-state index is -4.96. The second-order valence-electron chi connectivity index (χ2n) is 28.8. The molecule has 0 spiro atoms. The lowest BCUT2D eigenvalue weighted by Crippen LogP contribution is -2.30. The van der Waals surface area contributed by atoms with E-state index in [2.05, 4.69) is 55.4 Å². The maximum absolute atomic E-state index is 13.1. The molecule has 4 unspecified atom stereocenters. The van der Waals surface area contributed by atoms with E-state index in [0.29, 0.717) is 25.7 Å². The zero-order chi connectivity index (χ0) is 70.3. The number of phosphoric ester groups is 2. The van der Waals surface area contributed by atoms with Crippen molar-refractivity contribution in [3.05, 3.63) is 0 Å². The van der Waals surface area contributed by atoms with Crippen LogP contribution in [0.25, 0.3) is 0 Å². The lowest BCUT2D eigenvalue weighted by molar-refractivity contribution is -0.161. The van der Waals surface area contributed by atoms with Gasteiger partial charge in [0.2, 0.25) is 0 Å². The number of ether oxygens (including phenoxy) is 4. The molecule has 0 aliphatic heterocycles. The summed E-state index contributed by atoms with van der Waals surface area (Å²) in [7, 11) is -9.91. The molecule has 0 radical (unpaired) electrons. The van der Waals surface area contributed by atoms with Crippen LogP contribution in [-0.4, -0.2) is 96.7 Å². The first kappa shape index (κ1) is 93.1. The van der Waals surface area contributed by atoms with Crippen molar-refractivity contribution >= 4 is 39.5 Å². The van der Waals surface area contributed by atoms with Gasteiger partial charge in [-0.3, -0.25) is 37.3 Å². The van der Waals surface area contributed by atoms with Crippen molar-refractivity contribution in [2.75, 3.05) is 39.6 Å². The largest absolute Gasteiger partial charge is 0.472 e. The Labute approximate surface area is 581 Å². The van der Waals surface area contributed by atoms with Crippen molar-refractivity contribution in [3.8, 4) is 0 Å². The van der Waals surface area contributed by atoms with Crippen LogP contribution in [0.5, 0.6) is 0 Å². The van der Waals surface area contributed by atoms with E-state index in [-0.39, 0.29) is 25.7 Å². The molecule has 0 aromatic rings. The molecule has 3 N–H and O–H groups in total. The van der Waals surface area contributed by atoms with E-state index in [4.69, 9.17) is 37.0 Å². The first-order valence-corrected chi connectivity index (χ1v) is 42.3. The van der Waals surface area contributed by atoms with Gasteiger partial charge in [-0.2, -0.15) is 0 Å². The molecule has 0 aromatic heterocycles. The van der Waals surface area contributed by atoms with Crippen molar-refractivity contribution in [1.82, 2.24) is 0 Å². The Morgan fingerprint density at radius 3 is 0.747 bits per heavy atom. The molecule has 0 saturated heterocycles. The molecule has 0 heterocycles. The first-order chi connectivity index (χ1) is 45.7. The third-order valence-corrected chi connectivity index (χ3v) is 20.2. The van der Waals surface area contributed by atoms with Gasteiger partial charge in [-0.25, -0.2) is 9.13 Å². The topological polar surface area (TPSA) is 237 Å². The van der Waals surface area contributed by atoms with Gasteiger partial charge >= 0.3 is 39.5 Å². The SMILES string of the molecule is CCC(C)CCCCCCCCCCCCCCCCC(=O)O[C@H](COC(=O)CCCCCCCCCCCCCCC(C)C)COP(=O)(O)OC[C@@H](O)COP(=O)(O)OC[C@@H](COC(=O)CCCCCCCCC(C)CC)OC(=O)CCCCCCCCCCCC(C)C. The highest BCUT2D eigenvalue weighted by atomic mass is 31.2. The van der Waals surface area contributed by atoms with E-state index in [1.165, 1.54) is 180 Å². The van der Waals surface area contributed by atoms with Gasteiger partial charge in [0.05, 0.1) is 26.4 Å². The third kappa shape index (κ3) is 67.6. The maximum atomic E-state index is 13.1. The number of carbonyl (C=O) groups is 4. The van der Waals surface area contributed by atoms with Crippen molar-refractivity contribution in [3.63, 3.8) is 0 Å². The highest BCUT2D eigenvalue weighted by Crippen LogP contribution is 2.45. The van der Waals surface area contributed by atoms with E-state index in [0.717, 1.165) is 120 Å². The Bertz CT molecular complexity index is 1870. The van der Waals surface area contributed by atoms with Crippen molar-refractivity contribution in [2.45, 2.75) is 401 Å². The van der Waals surface area contributed by atoms with Crippen LogP contribution in [0.3, 0.4) is 0 Å². The first-order valence-electron chi connectivity index (χ1n) is 39.3. The molecule has 0 saturated carbocycles. The molecule has 7 atom stereocenters. The van der Waals surface area contributed by atoms with Crippen LogP contribution in [0.1, 0.15) is 383 Å². The average molecular weight is 1400 g/mol. The molecule has 17 nitrogen and oxygen atoms in total. The Morgan fingerprint density at radius 2 is 0.505 bits per heavy atom. The zero-order valence-electron chi connectivity index (χ0n) is 62.3. The minimum Gasteiger partial charge on any atom is -0.462 e. The molecule has 0 aliphatic rings. The number of rotatable bonds is 73. The highest BCUT2D eigenvalue weighted by molar-refractivity contribution is 7.47. The summed E-state index contributed by atoms with van der Waals surface area (Å²) >= 11 is 0. The number of carbonyl (C=O) groups excluding carboxylic acids is 4. The highest BCUT2D eigenvalue weighted by Gasteiger charge is 2.30. The molecule has 0 aliphatic carbocycles. The summed E-state index contributed by atoms with van der Waals surface area (Å²) in [4.78, 5) is 72.8. The minimum absolute atomic E-state index is 0.104. The second kappa shape index (κ2) is 65.4. The van der Waals surface area contributed by atoms with Gasteiger partial charge in [-0.05, 0) is 49.4 Å². The average Bonchev–Trinajstić information content (AvgIpc) is 2.15. The van der Waals surface area contributed by atoms with E-state index >= 15 is 0 Å². The Hall–Kier alpha value is -1.94. The maximum Gasteiger partial charge on any atom is 0.472 e. The number of aliphatic hydroxyl groups is 1. The summed E-state index contributed by atoms with van der Waals surface area (Å²) in [5.74, 6) is 0.973. The smallest absolute Gasteiger partial charge is 0.462 e. The second-order valence-corrected chi connectivity index (χ2v) is 31.7. The van der Waals surface area contributed by atoms with Gasteiger partial charge in [-0.1, -0.05) is 331 Å². The summed E-state index contributed by atoms with van der Waals surface area (Å²) in [6, 6.07) is 0. The zero-order valence-corrected chi connectivity index (χ0v) is 64.1. The molecular formula is C76H148O17P2. The predicted molar refractivity (Wildman–Crippen MR) is 386 cm³/mol. The number of esters is 4. The lowest BCUT2D eigenvalue weighted by atomic mass is 9.99. The van der Waals surface area contributed by atoms with Crippen LogP contribution in [0.4, 0.5) is 0 Å². The van der Waals surface area contributed by atoms with Crippen LogP contribution >= 0.6 is 15.6 Å². The molecule has 0 amide bonds. The fourth-order valence-electron chi connectivity index (χ4n) is 11.5. The van der Waals surface area contributed by atoms with Gasteiger partial charge in [0, 0.05) is 25.7 Å². The van der Waals surface area contributed by atoms with Gasteiger partial charge in [0.25, 0.3) is 0 Å². The van der Waals surface area contributed by atoms with E-state index < -0.39 is 97.5 Å². The van der Waals surface area contributed by atoms with Crippen molar-refractivity contribution < 1.29 is 80.2 Å². The van der Waals surface area contributed by atoms with Crippen LogP contribution < -0.4 is 0 Å². The lowest BCUT2D eigenvalue weighted by Gasteiger charge is -2.21. The Balaban J connectivity index is 5.26. The molecule has 0 bridgehead atoms. The summed E-state index contributed by atoms with van der Waals surface area (Å²) < 4.78 is 68.5. The Kier molecular flexibility index (Phi) is 64.0.